The number of rotatable bonds is 3. The number of aliphatic carboxylic acids is 1. The maximum atomic E-state index is 12.6. The first-order chi connectivity index (χ1) is 9.21. The van der Waals surface area contributed by atoms with Crippen molar-refractivity contribution in [3.63, 3.8) is 0 Å². The third kappa shape index (κ3) is 3.42. The third-order valence-corrected chi connectivity index (χ3v) is 4.27. The van der Waals surface area contributed by atoms with Crippen molar-refractivity contribution in [3.8, 4) is 0 Å². The Hall–Kier alpha value is -1.30. The van der Waals surface area contributed by atoms with Gasteiger partial charge in [-0.2, -0.15) is 0 Å². The average molecular weight is 285 g/mol. The molecule has 6 heteroatoms. The van der Waals surface area contributed by atoms with Crippen LogP contribution in [0.1, 0.15) is 33.6 Å². The van der Waals surface area contributed by atoms with E-state index < -0.39 is 11.5 Å². The van der Waals surface area contributed by atoms with Gasteiger partial charge in [0.05, 0.1) is 0 Å². The van der Waals surface area contributed by atoms with Gasteiger partial charge in [0, 0.05) is 26.2 Å². The monoisotopic (exact) mass is 285 g/mol. The molecule has 0 aromatic carbocycles. The lowest BCUT2D eigenvalue weighted by Gasteiger charge is -2.38. The van der Waals surface area contributed by atoms with Crippen LogP contribution in [0.2, 0.25) is 0 Å². The van der Waals surface area contributed by atoms with Crippen LogP contribution in [0.5, 0.6) is 0 Å². The minimum atomic E-state index is -1.20. The first kappa shape index (κ1) is 16.8. The van der Waals surface area contributed by atoms with Gasteiger partial charge in [-0.1, -0.05) is 6.92 Å². The number of likely N-dealkylation sites (N-methyl/N-ethyl adjacent to an activating group) is 2. The van der Waals surface area contributed by atoms with Gasteiger partial charge in [0.25, 0.3) is 0 Å². The van der Waals surface area contributed by atoms with Crippen LogP contribution < -0.4 is 0 Å². The molecule has 1 heterocycles. The Kier molecular flexibility index (Phi) is 5.39. The average Bonchev–Trinajstić information content (AvgIpc) is 2.57. The highest BCUT2D eigenvalue weighted by atomic mass is 16.4. The van der Waals surface area contributed by atoms with E-state index in [-0.39, 0.29) is 12.1 Å². The summed E-state index contributed by atoms with van der Waals surface area (Å²) in [6.07, 6.45) is 1.79. The first-order valence-electron chi connectivity index (χ1n) is 7.18. The van der Waals surface area contributed by atoms with Crippen LogP contribution in [0.4, 0.5) is 4.79 Å². The molecule has 2 amide bonds. The molecule has 0 aromatic rings. The second-order valence-electron chi connectivity index (χ2n) is 6.08. The maximum absolute atomic E-state index is 12.6. The molecule has 1 saturated heterocycles. The largest absolute Gasteiger partial charge is 0.480 e. The molecule has 1 aliphatic rings. The normalized spacial score (nSPS) is 21.4. The number of hydrogen-bond acceptors (Lipinski definition) is 3. The van der Waals surface area contributed by atoms with Gasteiger partial charge in [0.15, 0.2) is 0 Å². The quantitative estimate of drug-likeness (QED) is 0.849. The summed E-state index contributed by atoms with van der Waals surface area (Å²) >= 11 is 0. The zero-order valence-electron chi connectivity index (χ0n) is 13.2. The van der Waals surface area contributed by atoms with Crippen LogP contribution >= 0.6 is 0 Å². The predicted octanol–water partition coefficient (Wildman–Crippen LogP) is 1.32. The highest BCUT2D eigenvalue weighted by molar-refractivity contribution is 5.85. The number of nitrogens with zero attached hydrogens (tertiary/aromatic N) is 3. The smallest absolute Gasteiger partial charge is 0.329 e. The molecule has 0 bridgehead atoms. The summed E-state index contributed by atoms with van der Waals surface area (Å²) in [4.78, 5) is 29.3. The molecule has 0 aromatic heterocycles. The molecule has 116 valence electrons. The second kappa shape index (κ2) is 6.43. The fourth-order valence-electron chi connectivity index (χ4n) is 2.42. The van der Waals surface area contributed by atoms with Crippen molar-refractivity contribution in [3.05, 3.63) is 0 Å². The van der Waals surface area contributed by atoms with Gasteiger partial charge in [0.1, 0.15) is 5.54 Å². The summed E-state index contributed by atoms with van der Waals surface area (Å²) in [7, 11) is 3.62. The van der Waals surface area contributed by atoms with Gasteiger partial charge < -0.3 is 19.8 Å². The fraction of sp³-hybridized carbons (Fsp3) is 0.857. The SMILES string of the molecule is CCC1CN(C)CCCN1C(=O)N(C)C(C)(C)C(=O)O. The van der Waals surface area contributed by atoms with E-state index in [1.54, 1.807) is 20.9 Å². The van der Waals surface area contributed by atoms with Crippen LogP contribution in [0, 0.1) is 0 Å². The summed E-state index contributed by atoms with van der Waals surface area (Å²) < 4.78 is 0. The van der Waals surface area contributed by atoms with Crippen molar-refractivity contribution < 1.29 is 14.7 Å². The Labute approximate surface area is 121 Å². The number of carboxylic acids is 1. The van der Waals surface area contributed by atoms with E-state index >= 15 is 0 Å². The van der Waals surface area contributed by atoms with Gasteiger partial charge in [0.2, 0.25) is 0 Å². The summed E-state index contributed by atoms with van der Waals surface area (Å²) in [6, 6.07) is -0.0541. The summed E-state index contributed by atoms with van der Waals surface area (Å²) in [5.74, 6) is -0.992. The molecule has 6 nitrogen and oxygen atoms in total. The maximum Gasteiger partial charge on any atom is 0.329 e. The van der Waals surface area contributed by atoms with Gasteiger partial charge in [-0.05, 0) is 40.3 Å². The zero-order valence-corrected chi connectivity index (χ0v) is 13.2. The highest BCUT2D eigenvalue weighted by Gasteiger charge is 2.39. The van der Waals surface area contributed by atoms with Crippen LogP contribution in [-0.2, 0) is 4.79 Å². The molecule has 0 aliphatic carbocycles. The van der Waals surface area contributed by atoms with Crippen molar-refractivity contribution in [2.45, 2.75) is 45.2 Å². The summed E-state index contributed by atoms with van der Waals surface area (Å²) in [5, 5.41) is 9.26. The summed E-state index contributed by atoms with van der Waals surface area (Å²) in [5.41, 5.74) is -1.20. The van der Waals surface area contributed by atoms with Crippen LogP contribution in [-0.4, -0.2) is 77.1 Å². The van der Waals surface area contributed by atoms with Crippen molar-refractivity contribution in [1.29, 1.82) is 0 Å². The Morgan fingerprint density at radius 2 is 1.95 bits per heavy atom. The van der Waals surface area contributed by atoms with Crippen molar-refractivity contribution in [2.24, 2.45) is 0 Å². The second-order valence-corrected chi connectivity index (χ2v) is 6.08. The molecule has 20 heavy (non-hydrogen) atoms. The van der Waals surface area contributed by atoms with Crippen LogP contribution in [0.3, 0.4) is 0 Å². The van der Waals surface area contributed by atoms with Crippen molar-refractivity contribution in [1.82, 2.24) is 14.7 Å². The molecule has 0 saturated carbocycles. The van der Waals surface area contributed by atoms with Gasteiger partial charge in [-0.15, -0.1) is 0 Å². The number of carboxylic acid groups (broad SMARTS) is 1. The van der Waals surface area contributed by atoms with E-state index in [0.29, 0.717) is 6.54 Å². The predicted molar refractivity (Wildman–Crippen MR) is 77.8 cm³/mol. The fourth-order valence-corrected chi connectivity index (χ4v) is 2.42. The van der Waals surface area contributed by atoms with E-state index in [4.69, 9.17) is 0 Å². The Morgan fingerprint density at radius 3 is 2.45 bits per heavy atom. The lowest BCUT2D eigenvalue weighted by molar-refractivity contribution is -0.147. The molecule has 1 aliphatic heterocycles. The molecule has 1 rings (SSSR count). The Morgan fingerprint density at radius 1 is 1.35 bits per heavy atom. The van der Waals surface area contributed by atoms with E-state index in [1.165, 1.54) is 4.90 Å². The Bertz CT molecular complexity index is 371. The summed E-state index contributed by atoms with van der Waals surface area (Å²) in [6.45, 7) is 7.65. The van der Waals surface area contributed by atoms with Crippen molar-refractivity contribution in [2.75, 3.05) is 33.7 Å². The van der Waals surface area contributed by atoms with Gasteiger partial charge in [-0.25, -0.2) is 9.59 Å². The number of hydrogen-bond donors (Lipinski definition) is 1. The first-order valence-corrected chi connectivity index (χ1v) is 7.18. The molecule has 1 unspecified atom stereocenters. The lowest BCUT2D eigenvalue weighted by Crippen LogP contribution is -2.57. The van der Waals surface area contributed by atoms with E-state index in [9.17, 15) is 14.7 Å². The zero-order chi connectivity index (χ0) is 15.5. The molecule has 1 fully saturated rings. The third-order valence-electron chi connectivity index (χ3n) is 4.27. The van der Waals surface area contributed by atoms with E-state index in [1.807, 2.05) is 4.90 Å². The van der Waals surface area contributed by atoms with E-state index in [0.717, 1.165) is 25.9 Å². The minimum absolute atomic E-state index is 0.141. The molecular formula is C14H27N3O3. The number of carbonyl (C=O) groups excluding carboxylic acids is 1. The van der Waals surface area contributed by atoms with Gasteiger partial charge >= 0.3 is 12.0 Å². The molecule has 1 atom stereocenters. The number of carbonyl (C=O) groups is 2. The molecular weight excluding hydrogens is 258 g/mol. The topological polar surface area (TPSA) is 64.1 Å². The number of urea groups is 1. The van der Waals surface area contributed by atoms with Crippen LogP contribution in [0.15, 0.2) is 0 Å². The lowest BCUT2D eigenvalue weighted by atomic mass is 10.0. The minimum Gasteiger partial charge on any atom is -0.480 e. The highest BCUT2D eigenvalue weighted by Crippen LogP contribution is 2.19. The standard InChI is InChI=1S/C14H27N3O3/c1-6-11-10-15(4)8-7-9-17(11)13(20)16(5)14(2,3)12(18)19/h11H,6-10H2,1-5H3,(H,18,19). The van der Waals surface area contributed by atoms with Crippen molar-refractivity contribution >= 4 is 12.0 Å². The molecule has 1 N–H and O–H groups in total. The van der Waals surface area contributed by atoms with E-state index in [2.05, 4.69) is 18.9 Å². The van der Waals surface area contributed by atoms with Gasteiger partial charge in [-0.3, -0.25) is 0 Å². The Balaban J connectivity index is 2.90. The molecule has 0 radical (unpaired) electrons. The molecule has 0 spiro atoms. The number of amides is 2. The van der Waals surface area contributed by atoms with Crippen LogP contribution in [0.25, 0.3) is 0 Å².